The Morgan fingerprint density at radius 1 is 0.714 bits per heavy atom. The highest BCUT2D eigenvalue weighted by atomic mass is 16.5. The van der Waals surface area contributed by atoms with Crippen LogP contribution < -0.4 is 31.1 Å². The highest BCUT2D eigenvalue weighted by Gasteiger charge is 2.29. The topological polar surface area (TPSA) is 190 Å². The molecular weight excluding hydrogens is 715 g/mol. The third-order valence-electron chi connectivity index (χ3n) is 10.4. The van der Waals surface area contributed by atoms with E-state index in [1.807, 2.05) is 76.1 Å². The van der Waals surface area contributed by atoms with Crippen LogP contribution in [0, 0.1) is 0 Å². The molecule has 3 aliphatic heterocycles. The summed E-state index contributed by atoms with van der Waals surface area (Å²) in [6, 6.07) is 22.7. The van der Waals surface area contributed by atoms with Gasteiger partial charge in [-0.25, -0.2) is 4.79 Å². The van der Waals surface area contributed by atoms with Crippen molar-refractivity contribution in [3.8, 4) is 45.1 Å². The number of para-hydroxylation sites is 1. The van der Waals surface area contributed by atoms with E-state index in [0.717, 1.165) is 44.9 Å². The van der Waals surface area contributed by atoms with Gasteiger partial charge < -0.3 is 35.4 Å². The minimum atomic E-state index is -0.296. The Bertz CT molecular complexity index is 2900. The van der Waals surface area contributed by atoms with Crippen molar-refractivity contribution in [3.05, 3.63) is 117 Å². The molecule has 0 aliphatic carbocycles. The van der Waals surface area contributed by atoms with Crippen molar-refractivity contribution < 1.29 is 23.9 Å². The minimum absolute atomic E-state index is 0.0932. The van der Waals surface area contributed by atoms with E-state index in [9.17, 15) is 19.2 Å². The second kappa shape index (κ2) is 12.6. The number of imidazole rings is 1. The summed E-state index contributed by atoms with van der Waals surface area (Å²) in [4.78, 5) is 55.4. The van der Waals surface area contributed by atoms with Crippen LogP contribution in [-0.2, 0) is 42.4 Å². The minimum Gasteiger partial charge on any atom is -0.487 e. The van der Waals surface area contributed by atoms with Crippen LogP contribution in [0.5, 0.6) is 11.5 Å². The van der Waals surface area contributed by atoms with Crippen LogP contribution in [0.2, 0.25) is 0 Å². The summed E-state index contributed by atoms with van der Waals surface area (Å²) < 4.78 is 16.8. The van der Waals surface area contributed by atoms with Crippen LogP contribution in [0.25, 0.3) is 44.7 Å². The van der Waals surface area contributed by atoms with Crippen LogP contribution in [0.15, 0.2) is 77.6 Å². The number of carbonyl (C=O) groups excluding carboxylic acids is 3. The van der Waals surface area contributed by atoms with E-state index < -0.39 is 0 Å². The molecule has 4 aromatic carbocycles. The summed E-state index contributed by atoms with van der Waals surface area (Å²) in [5.41, 5.74) is 11.2. The largest absolute Gasteiger partial charge is 0.487 e. The third kappa shape index (κ3) is 5.51. The van der Waals surface area contributed by atoms with Gasteiger partial charge in [0.15, 0.2) is 0 Å². The van der Waals surface area contributed by atoms with Crippen LogP contribution in [0.4, 0.5) is 11.4 Å². The molecule has 0 bridgehead atoms. The average molecular weight is 748 g/mol. The molecule has 0 spiro atoms. The molecule has 15 heteroatoms. The summed E-state index contributed by atoms with van der Waals surface area (Å²) >= 11 is 0. The zero-order valence-electron chi connectivity index (χ0n) is 30.2. The standard InChI is InChI=1S/C41H33N9O6/c1-20(51)43-31-10-9-22-16-49-25(12-34(47-49)26-5-3-6-27-30(26)15-42-40(27)53)19-56-39(22)37(31)29-11-23-17-50-24(18-55-36(23)14-33(29)44-21(2)52)13-35(48-50)28-7-4-8-32-38(28)46-41(54)45-32/h3-14H,15-19H2,1-2H3,(H,42,53)(H,43,51)(H,44,52)(H2,45,46,54). The molecule has 5 N–H and O–H groups in total. The number of hydrogen-bond acceptors (Lipinski definition) is 8. The first kappa shape index (κ1) is 33.2. The quantitative estimate of drug-likeness (QED) is 0.157. The summed E-state index contributed by atoms with van der Waals surface area (Å²) in [5, 5.41) is 18.8. The summed E-state index contributed by atoms with van der Waals surface area (Å²) in [5.74, 6) is 0.463. The maximum atomic E-state index is 12.7. The van der Waals surface area contributed by atoms with Gasteiger partial charge in [-0.2, -0.15) is 10.2 Å². The van der Waals surface area contributed by atoms with Gasteiger partial charge in [0.25, 0.3) is 5.91 Å². The molecule has 3 aromatic heterocycles. The van der Waals surface area contributed by atoms with Gasteiger partial charge in [0.2, 0.25) is 11.8 Å². The lowest BCUT2D eigenvalue weighted by Crippen LogP contribution is -2.12. The number of rotatable bonds is 5. The lowest BCUT2D eigenvalue weighted by atomic mass is 9.95. The van der Waals surface area contributed by atoms with Gasteiger partial charge >= 0.3 is 5.69 Å². The van der Waals surface area contributed by atoms with E-state index in [2.05, 4.69) is 25.9 Å². The fraction of sp³-hybridized carbons (Fsp3) is 0.171. The fourth-order valence-corrected chi connectivity index (χ4v) is 7.93. The number of benzene rings is 4. The van der Waals surface area contributed by atoms with Crippen molar-refractivity contribution >= 4 is 40.1 Å². The van der Waals surface area contributed by atoms with Crippen LogP contribution in [-0.4, -0.2) is 47.3 Å². The Morgan fingerprint density at radius 2 is 1.39 bits per heavy atom. The normalized spacial score (nSPS) is 13.9. The second-order valence-corrected chi connectivity index (χ2v) is 14.1. The van der Waals surface area contributed by atoms with E-state index in [0.29, 0.717) is 75.9 Å². The van der Waals surface area contributed by atoms with Crippen LogP contribution in [0.1, 0.15) is 52.3 Å². The average Bonchev–Trinajstić information content (AvgIpc) is 3.92. The highest BCUT2D eigenvalue weighted by Crippen LogP contribution is 2.47. The SMILES string of the molecule is CC(=O)Nc1cc2c(cc1-c1c(NC(C)=O)ccc3c1OCc1cc(-c4cccc5c4CNC5=O)nn1C3)Cn1nc(-c3cccc4[nH]c(=O)[nH]c34)cc1CO2. The molecule has 15 nitrogen and oxygen atoms in total. The smallest absolute Gasteiger partial charge is 0.323 e. The molecule has 6 heterocycles. The van der Waals surface area contributed by atoms with Crippen LogP contribution >= 0.6 is 0 Å². The molecule has 3 aliphatic rings. The van der Waals surface area contributed by atoms with Crippen molar-refractivity contribution in [2.24, 2.45) is 0 Å². The van der Waals surface area contributed by atoms with E-state index in [4.69, 9.17) is 19.7 Å². The van der Waals surface area contributed by atoms with Crippen LogP contribution in [0.3, 0.4) is 0 Å². The van der Waals surface area contributed by atoms with Crippen molar-refractivity contribution in [2.75, 3.05) is 10.6 Å². The van der Waals surface area contributed by atoms with Crippen molar-refractivity contribution in [3.63, 3.8) is 0 Å². The molecule has 56 heavy (non-hydrogen) atoms. The van der Waals surface area contributed by atoms with Gasteiger partial charge in [-0.3, -0.25) is 23.7 Å². The first-order valence-electron chi connectivity index (χ1n) is 18.1. The number of amides is 3. The van der Waals surface area contributed by atoms with Crippen molar-refractivity contribution in [2.45, 2.75) is 46.7 Å². The van der Waals surface area contributed by atoms with Gasteiger partial charge in [-0.05, 0) is 42.0 Å². The lowest BCUT2D eigenvalue weighted by molar-refractivity contribution is -0.115. The Balaban J connectivity index is 1.07. The predicted molar refractivity (Wildman–Crippen MR) is 206 cm³/mol. The third-order valence-corrected chi connectivity index (χ3v) is 10.4. The molecule has 0 fully saturated rings. The first-order chi connectivity index (χ1) is 27.2. The zero-order valence-corrected chi connectivity index (χ0v) is 30.2. The number of nitrogens with one attached hydrogen (secondary N) is 5. The molecule has 10 rings (SSSR count). The molecule has 3 amide bonds. The van der Waals surface area contributed by atoms with Crippen molar-refractivity contribution in [1.82, 2.24) is 34.8 Å². The summed E-state index contributed by atoms with van der Waals surface area (Å²) in [6.45, 7) is 4.41. The molecule has 0 saturated heterocycles. The van der Waals surface area contributed by atoms with Gasteiger partial charge in [0.05, 0.1) is 58.3 Å². The number of fused-ring (bicyclic) bond motifs is 6. The number of H-pyrrole nitrogens is 2. The van der Waals surface area contributed by atoms with Gasteiger partial charge in [0, 0.05) is 65.4 Å². The Hall–Kier alpha value is -7.42. The Labute approximate surface area is 317 Å². The number of aromatic nitrogens is 6. The van der Waals surface area contributed by atoms with Crippen molar-refractivity contribution in [1.29, 1.82) is 0 Å². The molecule has 7 aromatic rings. The number of nitrogens with zero attached hydrogens (tertiary/aromatic N) is 4. The Morgan fingerprint density at radius 3 is 2.18 bits per heavy atom. The predicted octanol–water partition coefficient (Wildman–Crippen LogP) is 5.29. The molecule has 0 atom stereocenters. The van der Waals surface area contributed by atoms with Gasteiger partial charge in [-0.1, -0.05) is 30.3 Å². The van der Waals surface area contributed by atoms with E-state index in [1.54, 1.807) is 6.07 Å². The molecule has 278 valence electrons. The highest BCUT2D eigenvalue weighted by molar-refractivity contribution is 6.03. The summed E-state index contributed by atoms with van der Waals surface area (Å²) in [7, 11) is 0. The maximum Gasteiger partial charge on any atom is 0.323 e. The molecule has 0 radical (unpaired) electrons. The molecular formula is C41H33N9O6. The van der Waals surface area contributed by atoms with E-state index in [1.165, 1.54) is 13.8 Å². The number of aromatic amines is 2. The number of ether oxygens (including phenoxy) is 2. The van der Waals surface area contributed by atoms with E-state index in [-0.39, 0.29) is 36.6 Å². The molecule has 0 saturated carbocycles. The first-order valence-corrected chi connectivity index (χ1v) is 18.1. The lowest BCUT2D eigenvalue weighted by Gasteiger charge is -2.22. The molecule has 0 unspecified atom stereocenters. The zero-order chi connectivity index (χ0) is 38.2. The second-order valence-electron chi connectivity index (χ2n) is 14.1. The Kier molecular flexibility index (Phi) is 7.45. The monoisotopic (exact) mass is 747 g/mol. The van der Waals surface area contributed by atoms with Gasteiger partial charge in [0.1, 0.15) is 24.7 Å². The number of hydrogen-bond donors (Lipinski definition) is 5. The van der Waals surface area contributed by atoms with Gasteiger partial charge in [-0.15, -0.1) is 0 Å². The summed E-state index contributed by atoms with van der Waals surface area (Å²) in [6.07, 6.45) is 0. The number of carbonyl (C=O) groups is 3. The number of anilines is 2. The maximum absolute atomic E-state index is 12.7. The fourth-order valence-electron chi connectivity index (χ4n) is 7.93. The van der Waals surface area contributed by atoms with E-state index >= 15 is 0 Å².